The summed E-state index contributed by atoms with van der Waals surface area (Å²) in [4.78, 5) is 33.3. The van der Waals surface area contributed by atoms with Crippen LogP contribution in [0, 0.1) is 10.1 Å². The molecule has 0 bridgehead atoms. The number of esters is 1. The highest BCUT2D eigenvalue weighted by atomic mass is 16.6. The number of benzene rings is 1. The van der Waals surface area contributed by atoms with Crippen LogP contribution in [0.2, 0.25) is 0 Å². The van der Waals surface area contributed by atoms with Gasteiger partial charge in [-0.25, -0.2) is 4.79 Å². The van der Waals surface area contributed by atoms with Crippen molar-refractivity contribution in [1.29, 1.82) is 0 Å². The number of nitro groups is 1. The van der Waals surface area contributed by atoms with E-state index in [0.29, 0.717) is 0 Å². The first-order valence-electron chi connectivity index (χ1n) is 6.00. The number of amides is 1. The first-order valence-corrected chi connectivity index (χ1v) is 6.00. The monoisotopic (exact) mass is 293 g/mol. The molecule has 112 valence electrons. The van der Waals surface area contributed by atoms with Gasteiger partial charge in [-0.1, -0.05) is 6.08 Å². The first kappa shape index (κ1) is 16.2. The Bertz CT molecular complexity index is 585. The van der Waals surface area contributed by atoms with Gasteiger partial charge in [-0.05, 0) is 13.0 Å². The molecule has 0 aliphatic rings. The third-order valence-corrected chi connectivity index (χ3v) is 2.54. The number of hydrogen-bond donors (Lipinski definition) is 2. The SMILES string of the molecule is C=CCNC(=O)[C@@H](C)OC(=O)c1ccc([N+](=O)[O-])cc1N. The zero-order valence-corrected chi connectivity index (χ0v) is 11.4. The summed E-state index contributed by atoms with van der Waals surface area (Å²) in [6, 6.07) is 3.37. The van der Waals surface area contributed by atoms with E-state index in [-0.39, 0.29) is 23.5 Å². The van der Waals surface area contributed by atoms with Crippen molar-refractivity contribution < 1.29 is 19.2 Å². The van der Waals surface area contributed by atoms with Crippen LogP contribution in [-0.2, 0) is 9.53 Å². The Hall–Kier alpha value is -2.90. The largest absolute Gasteiger partial charge is 0.449 e. The van der Waals surface area contributed by atoms with Gasteiger partial charge >= 0.3 is 5.97 Å². The molecule has 21 heavy (non-hydrogen) atoms. The molecule has 0 saturated carbocycles. The van der Waals surface area contributed by atoms with Crippen molar-refractivity contribution in [2.24, 2.45) is 0 Å². The smallest absolute Gasteiger partial charge is 0.341 e. The molecule has 8 heteroatoms. The molecule has 1 rings (SSSR count). The molecule has 0 spiro atoms. The summed E-state index contributed by atoms with van der Waals surface area (Å²) in [6.07, 6.45) is 0.466. The second kappa shape index (κ2) is 7.04. The molecule has 0 saturated heterocycles. The molecular weight excluding hydrogens is 278 g/mol. The Labute approximate surface area is 120 Å². The number of carbonyl (C=O) groups excluding carboxylic acids is 2. The molecule has 0 aliphatic heterocycles. The Morgan fingerprint density at radius 1 is 1.57 bits per heavy atom. The van der Waals surface area contributed by atoms with Crippen LogP contribution in [-0.4, -0.2) is 29.4 Å². The van der Waals surface area contributed by atoms with E-state index >= 15 is 0 Å². The minimum absolute atomic E-state index is 0.0380. The van der Waals surface area contributed by atoms with E-state index in [9.17, 15) is 19.7 Å². The maximum absolute atomic E-state index is 11.9. The number of anilines is 1. The number of ether oxygens (including phenoxy) is 1. The van der Waals surface area contributed by atoms with E-state index in [1.54, 1.807) is 0 Å². The van der Waals surface area contributed by atoms with E-state index < -0.39 is 22.9 Å². The molecule has 8 nitrogen and oxygen atoms in total. The molecule has 0 aromatic heterocycles. The standard InChI is InChI=1S/C13H15N3O5/c1-3-6-15-12(17)8(2)21-13(18)10-5-4-9(16(19)20)7-11(10)14/h3-5,7-8H,1,6,14H2,2H3,(H,15,17)/t8-/m1/s1. The summed E-state index contributed by atoms with van der Waals surface area (Å²) in [5, 5.41) is 13.0. The Morgan fingerprint density at radius 2 is 2.24 bits per heavy atom. The van der Waals surface area contributed by atoms with E-state index in [4.69, 9.17) is 10.5 Å². The lowest BCUT2D eigenvalue weighted by atomic mass is 10.1. The molecule has 0 fully saturated rings. The topological polar surface area (TPSA) is 125 Å². The highest BCUT2D eigenvalue weighted by Gasteiger charge is 2.21. The molecule has 1 aromatic rings. The predicted molar refractivity (Wildman–Crippen MR) is 75.6 cm³/mol. The van der Waals surface area contributed by atoms with Gasteiger partial charge in [0.05, 0.1) is 16.2 Å². The summed E-state index contributed by atoms with van der Waals surface area (Å²) in [5.74, 6) is -1.31. The zero-order valence-electron chi connectivity index (χ0n) is 11.4. The molecule has 1 atom stereocenters. The number of hydrogen-bond acceptors (Lipinski definition) is 6. The lowest BCUT2D eigenvalue weighted by molar-refractivity contribution is -0.384. The second-order valence-corrected chi connectivity index (χ2v) is 4.11. The number of carbonyl (C=O) groups is 2. The number of nitrogens with two attached hydrogens (primary N) is 1. The van der Waals surface area contributed by atoms with Crippen molar-refractivity contribution in [3.05, 3.63) is 46.5 Å². The van der Waals surface area contributed by atoms with Gasteiger partial charge in [0, 0.05) is 18.7 Å². The number of nitrogen functional groups attached to an aromatic ring is 1. The van der Waals surface area contributed by atoms with E-state index in [1.807, 2.05) is 0 Å². The zero-order chi connectivity index (χ0) is 16.0. The lowest BCUT2D eigenvalue weighted by Gasteiger charge is -2.13. The van der Waals surface area contributed by atoms with Crippen LogP contribution in [0.5, 0.6) is 0 Å². The van der Waals surface area contributed by atoms with Crippen LogP contribution in [0.25, 0.3) is 0 Å². The van der Waals surface area contributed by atoms with Gasteiger partial charge in [0.2, 0.25) is 0 Å². The Balaban J connectivity index is 2.78. The van der Waals surface area contributed by atoms with Crippen LogP contribution in [0.1, 0.15) is 17.3 Å². The molecule has 0 radical (unpaired) electrons. The van der Waals surface area contributed by atoms with Gasteiger partial charge in [-0.3, -0.25) is 14.9 Å². The number of nitro benzene ring substituents is 1. The number of nitrogens with zero attached hydrogens (tertiary/aromatic N) is 1. The average Bonchev–Trinajstić information content (AvgIpc) is 2.44. The Morgan fingerprint density at radius 3 is 2.76 bits per heavy atom. The van der Waals surface area contributed by atoms with E-state index in [0.717, 1.165) is 12.1 Å². The van der Waals surface area contributed by atoms with Crippen molar-refractivity contribution in [3.63, 3.8) is 0 Å². The van der Waals surface area contributed by atoms with Gasteiger partial charge in [-0.2, -0.15) is 0 Å². The van der Waals surface area contributed by atoms with Crippen molar-refractivity contribution >= 4 is 23.3 Å². The molecule has 0 unspecified atom stereocenters. The third kappa shape index (κ3) is 4.30. The maximum Gasteiger partial charge on any atom is 0.341 e. The third-order valence-electron chi connectivity index (χ3n) is 2.54. The van der Waals surface area contributed by atoms with Gasteiger partial charge < -0.3 is 15.8 Å². The summed E-state index contributed by atoms with van der Waals surface area (Å²) in [7, 11) is 0. The van der Waals surface area contributed by atoms with Crippen molar-refractivity contribution in [2.45, 2.75) is 13.0 Å². The second-order valence-electron chi connectivity index (χ2n) is 4.11. The Kier molecular flexibility index (Phi) is 5.41. The average molecular weight is 293 g/mol. The van der Waals surface area contributed by atoms with Gasteiger partial charge in [0.15, 0.2) is 6.10 Å². The van der Waals surface area contributed by atoms with Crippen LogP contribution in [0.15, 0.2) is 30.9 Å². The van der Waals surface area contributed by atoms with Crippen LogP contribution >= 0.6 is 0 Å². The highest BCUT2D eigenvalue weighted by molar-refractivity contribution is 5.97. The normalized spacial score (nSPS) is 11.3. The number of nitrogens with one attached hydrogen (secondary N) is 1. The fraction of sp³-hybridized carbons (Fsp3) is 0.231. The highest BCUT2D eigenvalue weighted by Crippen LogP contribution is 2.20. The summed E-state index contributed by atoms with van der Waals surface area (Å²) in [6.45, 7) is 5.09. The summed E-state index contributed by atoms with van der Waals surface area (Å²) < 4.78 is 4.94. The van der Waals surface area contributed by atoms with Gasteiger partial charge in [0.1, 0.15) is 0 Å². The molecule has 1 amide bonds. The maximum atomic E-state index is 11.9. The van der Waals surface area contributed by atoms with E-state index in [2.05, 4.69) is 11.9 Å². The molecular formula is C13H15N3O5. The molecule has 3 N–H and O–H groups in total. The number of rotatable bonds is 6. The number of non-ortho nitro benzene ring substituents is 1. The molecule has 0 heterocycles. The predicted octanol–water partition coefficient (Wildman–Crippen LogP) is 1.02. The van der Waals surface area contributed by atoms with Crippen LogP contribution < -0.4 is 11.1 Å². The van der Waals surface area contributed by atoms with Crippen molar-refractivity contribution in [2.75, 3.05) is 12.3 Å². The van der Waals surface area contributed by atoms with Crippen molar-refractivity contribution in [1.82, 2.24) is 5.32 Å². The van der Waals surface area contributed by atoms with E-state index in [1.165, 1.54) is 19.1 Å². The quantitative estimate of drug-likeness (QED) is 0.265. The lowest BCUT2D eigenvalue weighted by Crippen LogP contribution is -2.35. The fourth-order valence-electron chi connectivity index (χ4n) is 1.44. The van der Waals surface area contributed by atoms with Crippen molar-refractivity contribution in [3.8, 4) is 0 Å². The van der Waals surface area contributed by atoms with Crippen LogP contribution in [0.3, 0.4) is 0 Å². The fourth-order valence-corrected chi connectivity index (χ4v) is 1.44. The van der Waals surface area contributed by atoms with Gasteiger partial charge in [-0.15, -0.1) is 6.58 Å². The molecule has 1 aromatic carbocycles. The summed E-state index contributed by atoms with van der Waals surface area (Å²) in [5.41, 5.74) is 5.21. The summed E-state index contributed by atoms with van der Waals surface area (Å²) >= 11 is 0. The first-order chi connectivity index (χ1) is 9.86. The molecule has 0 aliphatic carbocycles. The minimum atomic E-state index is -1.02. The van der Waals surface area contributed by atoms with Crippen LogP contribution in [0.4, 0.5) is 11.4 Å². The minimum Gasteiger partial charge on any atom is -0.449 e. The van der Waals surface area contributed by atoms with Gasteiger partial charge in [0.25, 0.3) is 11.6 Å².